The SMILES string of the molecule is CC(C(=O)Nc1cc(C2CC2)[nH]n1)c1cccc(C2=CCN(C(=O)/C=C/CN(C)C)CC2)c1.C[C@H](C(=O)Cc1cc(C2CC2)n[nH]1)c1ccc(C2=CCN(C(=O)/C=C/CN(C)C)CC2)cc1. The summed E-state index contributed by atoms with van der Waals surface area (Å²) >= 11 is 0. The summed E-state index contributed by atoms with van der Waals surface area (Å²) in [7, 11) is 7.92. The Kier molecular flexibility index (Phi) is 16.2. The number of nitrogens with one attached hydrogen (secondary N) is 3. The summed E-state index contributed by atoms with van der Waals surface area (Å²) < 4.78 is 0. The summed E-state index contributed by atoms with van der Waals surface area (Å²) in [5, 5.41) is 17.6. The molecule has 0 radical (unpaired) electrons. The predicted molar refractivity (Wildman–Crippen MR) is 262 cm³/mol. The van der Waals surface area contributed by atoms with Crippen LogP contribution in [0, 0.1) is 0 Å². The first-order valence-electron chi connectivity index (χ1n) is 23.5. The first-order valence-corrected chi connectivity index (χ1v) is 23.5. The second-order valence-electron chi connectivity index (χ2n) is 18.8. The fourth-order valence-electron chi connectivity index (χ4n) is 8.17. The van der Waals surface area contributed by atoms with Crippen LogP contribution in [0.1, 0.15) is 115 Å². The molecule has 66 heavy (non-hydrogen) atoms. The minimum absolute atomic E-state index is 0.0504. The summed E-state index contributed by atoms with van der Waals surface area (Å²) in [6.45, 7) is 8.05. The lowest BCUT2D eigenvalue weighted by Crippen LogP contribution is -2.33. The number of carbonyl (C=O) groups excluding carboxylic acids is 4. The molecule has 4 aromatic rings. The maximum absolute atomic E-state index is 12.8. The number of amides is 3. The number of rotatable bonds is 17. The molecule has 13 heteroatoms. The molecule has 2 aliphatic carbocycles. The summed E-state index contributed by atoms with van der Waals surface area (Å²) in [4.78, 5) is 58.1. The first kappa shape index (κ1) is 47.8. The van der Waals surface area contributed by atoms with Crippen molar-refractivity contribution < 1.29 is 19.2 Å². The number of nitrogens with zero attached hydrogens (tertiary/aromatic N) is 6. The average molecular weight is 894 g/mol. The number of likely N-dealkylation sites (N-methyl/N-ethyl adjacent to an activating group) is 2. The van der Waals surface area contributed by atoms with Gasteiger partial charge in [-0.15, -0.1) is 0 Å². The van der Waals surface area contributed by atoms with Crippen LogP contribution < -0.4 is 5.32 Å². The van der Waals surface area contributed by atoms with E-state index in [2.05, 4.69) is 74.3 Å². The summed E-state index contributed by atoms with van der Waals surface area (Å²) in [6, 6.07) is 20.4. The highest BCUT2D eigenvalue weighted by Gasteiger charge is 2.28. The predicted octanol–water partition coefficient (Wildman–Crippen LogP) is 7.70. The third-order valence-corrected chi connectivity index (χ3v) is 12.8. The molecular weight excluding hydrogens is 827 g/mol. The standard InChI is InChI=1S/C27H34N4O2.C26H33N5O2/c1-19(26(32)18-24-17-25(29-28-24)23-10-11-23)20-6-8-21(9-7-20)22-12-15-31(16-13-22)27(33)5-4-14-30(2)3;1-18(26(33)27-24-17-23(28-29-24)20-9-10-20)21-6-4-7-22(16-21)19-11-14-31(15-12-19)25(32)8-5-13-30(2)3/h4-9,12,17,19,23H,10-11,13-16,18H2,1-3H3,(H,28,29);4-8,11,16-18,20H,9-10,12-15H2,1-3H3,(H2,27,28,29,33)/b5-4+;8-5+/t19-;/m0./s1. The quantitative estimate of drug-likeness (QED) is 0.0914. The summed E-state index contributed by atoms with van der Waals surface area (Å²) in [6.07, 6.45) is 18.2. The van der Waals surface area contributed by atoms with Gasteiger partial charge in [-0.1, -0.05) is 79.8 Å². The molecule has 2 aromatic carbocycles. The monoisotopic (exact) mass is 894 g/mol. The Morgan fingerprint density at radius 3 is 1.88 bits per heavy atom. The number of hydrogen-bond acceptors (Lipinski definition) is 8. The number of aromatic nitrogens is 4. The van der Waals surface area contributed by atoms with E-state index >= 15 is 0 Å². The Morgan fingerprint density at radius 1 is 0.712 bits per heavy atom. The molecule has 3 N–H and O–H groups in total. The summed E-state index contributed by atoms with van der Waals surface area (Å²) in [5.74, 6) is 1.54. The van der Waals surface area contributed by atoms with Crippen molar-refractivity contribution in [1.29, 1.82) is 0 Å². The Balaban J connectivity index is 0.000000196. The van der Waals surface area contributed by atoms with Crippen LogP contribution in [-0.4, -0.2) is 131 Å². The van der Waals surface area contributed by atoms with Crippen LogP contribution in [-0.2, 0) is 25.6 Å². The number of benzene rings is 2. The van der Waals surface area contributed by atoms with Crippen LogP contribution in [0.15, 0.2) is 97.1 Å². The number of Topliss-reactive ketones (excluding diaryl/α,β-unsaturated/α-hetero) is 1. The molecule has 2 fully saturated rings. The van der Waals surface area contributed by atoms with Gasteiger partial charge in [0.05, 0.1) is 11.6 Å². The largest absolute Gasteiger partial charge is 0.335 e. The lowest BCUT2D eigenvalue weighted by atomic mass is 9.91. The van der Waals surface area contributed by atoms with Crippen LogP contribution >= 0.6 is 0 Å². The van der Waals surface area contributed by atoms with E-state index in [1.165, 1.54) is 36.8 Å². The highest BCUT2D eigenvalue weighted by Crippen LogP contribution is 2.40. The van der Waals surface area contributed by atoms with E-state index in [0.29, 0.717) is 43.7 Å². The zero-order chi connectivity index (χ0) is 46.7. The van der Waals surface area contributed by atoms with E-state index in [1.54, 1.807) is 12.2 Å². The van der Waals surface area contributed by atoms with Gasteiger partial charge < -0.3 is 24.9 Å². The van der Waals surface area contributed by atoms with Crippen LogP contribution in [0.25, 0.3) is 11.1 Å². The fraction of sp³-hybridized carbons (Fsp3) is 0.434. The van der Waals surface area contributed by atoms with Crippen molar-refractivity contribution in [3.63, 3.8) is 0 Å². The zero-order valence-corrected chi connectivity index (χ0v) is 39.6. The van der Waals surface area contributed by atoms with E-state index in [9.17, 15) is 19.2 Å². The third kappa shape index (κ3) is 13.4. The Bertz CT molecular complexity index is 2450. The molecule has 2 saturated carbocycles. The highest BCUT2D eigenvalue weighted by atomic mass is 16.2. The van der Waals surface area contributed by atoms with E-state index in [0.717, 1.165) is 71.8 Å². The van der Waals surface area contributed by atoms with Gasteiger partial charge in [-0.25, -0.2) is 0 Å². The average Bonchev–Trinajstić information content (AvgIpc) is 4.27. The molecule has 2 aromatic heterocycles. The summed E-state index contributed by atoms with van der Waals surface area (Å²) in [5.41, 5.74) is 9.85. The zero-order valence-electron chi connectivity index (χ0n) is 39.6. The van der Waals surface area contributed by atoms with Gasteiger partial charge in [-0.2, -0.15) is 10.2 Å². The van der Waals surface area contributed by atoms with Gasteiger partial charge in [0.2, 0.25) is 17.7 Å². The van der Waals surface area contributed by atoms with Crippen LogP contribution in [0.2, 0.25) is 0 Å². The smallest absolute Gasteiger partial charge is 0.246 e. The normalized spacial score (nSPS) is 17.4. The van der Waals surface area contributed by atoms with Gasteiger partial charge in [-0.05, 0) is 113 Å². The van der Waals surface area contributed by atoms with Gasteiger partial charge in [-0.3, -0.25) is 29.4 Å². The Morgan fingerprint density at radius 2 is 1.32 bits per heavy atom. The maximum atomic E-state index is 12.8. The van der Waals surface area contributed by atoms with Gasteiger partial charge >= 0.3 is 0 Å². The number of ketones is 1. The number of H-pyrrole nitrogens is 2. The van der Waals surface area contributed by atoms with Crippen molar-refractivity contribution in [3.05, 3.63) is 136 Å². The minimum Gasteiger partial charge on any atom is -0.335 e. The van der Waals surface area contributed by atoms with Crippen molar-refractivity contribution >= 4 is 40.5 Å². The first-order chi connectivity index (χ1) is 31.8. The van der Waals surface area contributed by atoms with E-state index in [1.807, 2.05) is 98.1 Å². The molecule has 0 spiro atoms. The van der Waals surface area contributed by atoms with Crippen molar-refractivity contribution in [2.24, 2.45) is 0 Å². The van der Waals surface area contributed by atoms with Gasteiger partial charge in [0.15, 0.2) is 5.82 Å². The molecule has 4 heterocycles. The van der Waals surface area contributed by atoms with E-state index in [4.69, 9.17) is 0 Å². The van der Waals surface area contributed by atoms with Crippen LogP contribution in [0.4, 0.5) is 5.82 Å². The fourth-order valence-corrected chi connectivity index (χ4v) is 8.17. The minimum atomic E-state index is -0.296. The molecule has 8 rings (SSSR count). The second kappa shape index (κ2) is 22.3. The molecular formula is C53H67N9O4. The second-order valence-corrected chi connectivity index (χ2v) is 18.8. The molecule has 348 valence electrons. The highest BCUT2D eigenvalue weighted by molar-refractivity contribution is 5.95. The molecule has 2 atom stereocenters. The van der Waals surface area contributed by atoms with Gasteiger partial charge in [0, 0.05) is 93.0 Å². The van der Waals surface area contributed by atoms with E-state index < -0.39 is 0 Å². The number of hydrogen-bond donors (Lipinski definition) is 3. The molecule has 0 bridgehead atoms. The third-order valence-electron chi connectivity index (χ3n) is 12.8. The molecule has 0 saturated heterocycles. The molecule has 1 unspecified atom stereocenters. The number of anilines is 1. The number of aromatic amines is 2. The lowest BCUT2D eigenvalue weighted by Gasteiger charge is -2.26. The molecule has 3 amide bonds. The van der Waals surface area contributed by atoms with E-state index in [-0.39, 0.29) is 35.3 Å². The van der Waals surface area contributed by atoms with Crippen LogP contribution in [0.5, 0.6) is 0 Å². The van der Waals surface area contributed by atoms with Gasteiger partial charge in [0.1, 0.15) is 5.78 Å². The van der Waals surface area contributed by atoms with Gasteiger partial charge in [0.25, 0.3) is 0 Å². The van der Waals surface area contributed by atoms with Crippen LogP contribution in [0.3, 0.4) is 0 Å². The molecule has 4 aliphatic rings. The van der Waals surface area contributed by atoms with Crippen molar-refractivity contribution in [3.8, 4) is 0 Å². The number of carbonyl (C=O) groups is 4. The van der Waals surface area contributed by atoms with Crippen molar-refractivity contribution in [2.45, 2.75) is 82.5 Å². The Hall–Kier alpha value is -6.18. The Labute approximate surface area is 390 Å². The lowest BCUT2D eigenvalue weighted by molar-refractivity contribution is -0.126. The molecule has 2 aliphatic heterocycles. The van der Waals surface area contributed by atoms with Crippen molar-refractivity contribution in [1.82, 2.24) is 40.0 Å². The topological polar surface area (TPSA) is 151 Å². The maximum Gasteiger partial charge on any atom is 0.246 e. The van der Waals surface area contributed by atoms with Crippen molar-refractivity contribution in [2.75, 3.05) is 72.8 Å². The molecule has 13 nitrogen and oxygen atoms in total.